The third kappa shape index (κ3) is 5.10. The van der Waals surface area contributed by atoms with Crippen molar-refractivity contribution in [2.24, 2.45) is 0 Å². The number of piperazine rings is 1. The number of nitrogens with one attached hydrogen (secondary N) is 1. The zero-order valence-electron chi connectivity index (χ0n) is 12.4. The van der Waals surface area contributed by atoms with Crippen molar-refractivity contribution in [3.63, 3.8) is 0 Å². The van der Waals surface area contributed by atoms with Crippen molar-refractivity contribution in [3.8, 4) is 5.75 Å². The molecule has 2 rings (SSSR count). The summed E-state index contributed by atoms with van der Waals surface area (Å²) in [5, 5.41) is 13.5. The fourth-order valence-corrected chi connectivity index (χ4v) is 2.96. The molecule has 1 fully saturated rings. The van der Waals surface area contributed by atoms with Crippen LogP contribution in [0.5, 0.6) is 5.75 Å². The highest BCUT2D eigenvalue weighted by atomic mass is 79.9. The Bertz CT molecular complexity index is 511. The molecule has 0 saturated carbocycles. The molecule has 0 radical (unpaired) electrons. The summed E-state index contributed by atoms with van der Waals surface area (Å²) in [4.78, 5) is 2.20. The zero-order chi connectivity index (χ0) is 14.7. The number of hydrogen-bond donors (Lipinski definition) is 2. The molecule has 1 aromatic rings. The monoisotopic (exact) mass is 414 g/mol. The first-order valence-electron chi connectivity index (χ1n) is 6.76. The van der Waals surface area contributed by atoms with Crippen LogP contribution >= 0.6 is 40.7 Å². The van der Waals surface area contributed by atoms with Crippen LogP contribution in [0.15, 0.2) is 28.8 Å². The molecule has 2 N–H and O–H groups in total. The zero-order valence-corrected chi connectivity index (χ0v) is 15.7. The third-order valence-corrected chi connectivity index (χ3v) is 4.22. The second kappa shape index (κ2) is 9.73. The minimum Gasteiger partial charge on any atom is -0.506 e. The SMILES string of the molecule is C=C(C)C[C@@H](c1c(F)ccc(Br)c1O)N1CCNCC1.Cl.Cl. The van der Waals surface area contributed by atoms with Crippen molar-refractivity contribution >= 4 is 40.7 Å². The van der Waals surface area contributed by atoms with Gasteiger partial charge in [0.15, 0.2) is 0 Å². The number of phenolic OH excluding ortho intramolecular Hbond substituents is 1. The molecular formula is C15H22BrCl2FN2O. The molecule has 7 heteroatoms. The Balaban J connectivity index is 0.00000220. The standard InChI is InChI=1S/C15H20BrFN2O.2ClH/c1-10(2)9-13(19-7-5-18-6-8-19)14-12(17)4-3-11(16)15(14)20;;/h3-4,13,18,20H,1,5-9H2,2H3;2*1H/t13-;;/m0../s1. The number of hydrogen-bond acceptors (Lipinski definition) is 3. The Hall–Kier alpha value is -0.330. The van der Waals surface area contributed by atoms with Crippen LogP contribution in [-0.4, -0.2) is 36.2 Å². The van der Waals surface area contributed by atoms with Gasteiger partial charge in [-0.3, -0.25) is 4.90 Å². The summed E-state index contributed by atoms with van der Waals surface area (Å²) >= 11 is 3.27. The summed E-state index contributed by atoms with van der Waals surface area (Å²) in [5.74, 6) is -0.370. The first-order valence-corrected chi connectivity index (χ1v) is 7.56. The number of rotatable bonds is 4. The Morgan fingerprint density at radius 2 is 2.00 bits per heavy atom. The quantitative estimate of drug-likeness (QED) is 0.728. The van der Waals surface area contributed by atoms with Crippen molar-refractivity contribution < 1.29 is 9.50 Å². The van der Waals surface area contributed by atoms with E-state index in [0.717, 1.165) is 31.8 Å². The van der Waals surface area contributed by atoms with E-state index in [1.807, 2.05) is 6.92 Å². The average Bonchev–Trinajstić information content (AvgIpc) is 2.43. The lowest BCUT2D eigenvalue weighted by atomic mass is 9.96. The van der Waals surface area contributed by atoms with Crippen molar-refractivity contribution in [3.05, 3.63) is 40.1 Å². The van der Waals surface area contributed by atoms with Gasteiger partial charge in [0.05, 0.1) is 4.47 Å². The lowest BCUT2D eigenvalue weighted by Gasteiger charge is -2.36. The Morgan fingerprint density at radius 3 is 2.55 bits per heavy atom. The van der Waals surface area contributed by atoms with Gasteiger partial charge in [0.1, 0.15) is 11.6 Å². The second-order valence-electron chi connectivity index (χ2n) is 5.25. The van der Waals surface area contributed by atoms with E-state index in [-0.39, 0.29) is 42.4 Å². The number of aromatic hydroxyl groups is 1. The molecule has 3 nitrogen and oxygen atoms in total. The number of halogens is 4. The van der Waals surface area contributed by atoms with Gasteiger partial charge >= 0.3 is 0 Å². The third-order valence-electron chi connectivity index (χ3n) is 3.58. The molecule has 1 aliphatic rings. The summed E-state index contributed by atoms with van der Waals surface area (Å²) in [5.41, 5.74) is 1.34. The van der Waals surface area contributed by atoms with Crippen molar-refractivity contribution in [2.45, 2.75) is 19.4 Å². The van der Waals surface area contributed by atoms with Crippen LogP contribution in [0, 0.1) is 5.82 Å². The molecule has 126 valence electrons. The Kier molecular flexibility index (Phi) is 9.58. The van der Waals surface area contributed by atoms with Crippen LogP contribution in [0.25, 0.3) is 0 Å². The van der Waals surface area contributed by atoms with E-state index in [1.54, 1.807) is 0 Å². The van der Waals surface area contributed by atoms with E-state index < -0.39 is 0 Å². The van der Waals surface area contributed by atoms with E-state index >= 15 is 0 Å². The maximum absolute atomic E-state index is 14.2. The molecule has 0 aromatic heterocycles. The van der Waals surface area contributed by atoms with Gasteiger partial charge in [-0.1, -0.05) is 5.57 Å². The van der Waals surface area contributed by atoms with Crippen LogP contribution < -0.4 is 5.32 Å². The van der Waals surface area contributed by atoms with Gasteiger partial charge in [-0.05, 0) is 41.4 Å². The maximum atomic E-state index is 14.2. The van der Waals surface area contributed by atoms with Gasteiger partial charge in [-0.25, -0.2) is 4.39 Å². The smallest absolute Gasteiger partial charge is 0.137 e. The minimum atomic E-state index is -0.365. The van der Waals surface area contributed by atoms with E-state index in [2.05, 4.69) is 32.7 Å². The number of benzene rings is 1. The first-order chi connectivity index (χ1) is 9.50. The van der Waals surface area contributed by atoms with Gasteiger partial charge in [0, 0.05) is 37.8 Å². The fourth-order valence-electron chi connectivity index (χ4n) is 2.61. The summed E-state index contributed by atoms with van der Waals surface area (Å²) in [7, 11) is 0. The lowest BCUT2D eigenvalue weighted by Crippen LogP contribution is -2.45. The molecule has 0 unspecified atom stereocenters. The van der Waals surface area contributed by atoms with Crippen molar-refractivity contribution in [1.82, 2.24) is 10.2 Å². The molecule has 0 amide bonds. The van der Waals surface area contributed by atoms with Gasteiger partial charge in [0.2, 0.25) is 0 Å². The second-order valence-corrected chi connectivity index (χ2v) is 6.11. The van der Waals surface area contributed by atoms with Gasteiger partial charge in [-0.2, -0.15) is 0 Å². The summed E-state index contributed by atoms with van der Waals surface area (Å²) in [6.07, 6.45) is 0.640. The molecular weight excluding hydrogens is 394 g/mol. The minimum absolute atomic E-state index is 0. The predicted octanol–water partition coefficient (Wildman–Crippen LogP) is 4.05. The van der Waals surface area contributed by atoms with Crippen LogP contribution in [0.3, 0.4) is 0 Å². The molecule has 22 heavy (non-hydrogen) atoms. The summed E-state index contributed by atoms with van der Waals surface area (Å²) in [6.45, 7) is 9.30. The molecule has 1 heterocycles. The predicted molar refractivity (Wildman–Crippen MR) is 96.9 cm³/mol. The largest absolute Gasteiger partial charge is 0.506 e. The number of nitrogens with zero attached hydrogens (tertiary/aromatic N) is 1. The van der Waals surface area contributed by atoms with Gasteiger partial charge < -0.3 is 10.4 Å². The molecule has 1 aliphatic heterocycles. The first kappa shape index (κ1) is 21.7. The Labute approximate surface area is 151 Å². The normalized spacial score (nSPS) is 16.3. The van der Waals surface area contributed by atoms with E-state index in [4.69, 9.17) is 0 Å². The van der Waals surface area contributed by atoms with Crippen LogP contribution in [0.2, 0.25) is 0 Å². The van der Waals surface area contributed by atoms with E-state index in [1.165, 1.54) is 12.1 Å². The highest BCUT2D eigenvalue weighted by Crippen LogP contribution is 2.39. The highest BCUT2D eigenvalue weighted by Gasteiger charge is 2.28. The summed E-state index contributed by atoms with van der Waals surface area (Å²) < 4.78 is 14.8. The highest BCUT2D eigenvalue weighted by molar-refractivity contribution is 9.10. The number of phenols is 1. The summed E-state index contributed by atoms with van der Waals surface area (Å²) in [6, 6.07) is 2.75. The molecule has 0 aliphatic carbocycles. The lowest BCUT2D eigenvalue weighted by molar-refractivity contribution is 0.166. The fraction of sp³-hybridized carbons (Fsp3) is 0.467. The molecule has 0 spiro atoms. The van der Waals surface area contributed by atoms with Crippen LogP contribution in [0.1, 0.15) is 24.9 Å². The molecule has 1 saturated heterocycles. The van der Waals surface area contributed by atoms with E-state index in [0.29, 0.717) is 16.5 Å². The van der Waals surface area contributed by atoms with Gasteiger partial charge in [-0.15, -0.1) is 31.4 Å². The topological polar surface area (TPSA) is 35.5 Å². The average molecular weight is 416 g/mol. The molecule has 1 aromatic carbocycles. The van der Waals surface area contributed by atoms with Crippen LogP contribution in [-0.2, 0) is 0 Å². The molecule has 0 bridgehead atoms. The maximum Gasteiger partial charge on any atom is 0.137 e. The van der Waals surface area contributed by atoms with Gasteiger partial charge in [0.25, 0.3) is 0 Å². The van der Waals surface area contributed by atoms with Crippen LogP contribution in [0.4, 0.5) is 4.39 Å². The van der Waals surface area contributed by atoms with E-state index in [9.17, 15) is 9.50 Å². The Morgan fingerprint density at radius 1 is 1.41 bits per heavy atom. The molecule has 1 atom stereocenters. The van der Waals surface area contributed by atoms with Crippen molar-refractivity contribution in [1.29, 1.82) is 0 Å². The van der Waals surface area contributed by atoms with Crippen molar-refractivity contribution in [2.75, 3.05) is 26.2 Å².